The summed E-state index contributed by atoms with van der Waals surface area (Å²) in [6.07, 6.45) is 0. The molecule has 174 valence electrons. The summed E-state index contributed by atoms with van der Waals surface area (Å²) in [4.78, 5) is 27.0. The van der Waals surface area contributed by atoms with Gasteiger partial charge in [0.1, 0.15) is 18.1 Å². The SMILES string of the molecule is CCN(CC(=O)Nc1cc(C(C)(C)C)nn1-c1ccccc1)C(=O)Nc1ccc(OC)cc1. The van der Waals surface area contributed by atoms with Crippen LogP contribution in [0.2, 0.25) is 0 Å². The average Bonchev–Trinajstić information content (AvgIpc) is 3.22. The lowest BCUT2D eigenvalue weighted by Crippen LogP contribution is -2.40. The summed E-state index contributed by atoms with van der Waals surface area (Å²) in [5, 5.41) is 10.4. The van der Waals surface area contributed by atoms with E-state index >= 15 is 0 Å². The van der Waals surface area contributed by atoms with E-state index < -0.39 is 0 Å². The quantitative estimate of drug-likeness (QED) is 0.549. The van der Waals surface area contributed by atoms with E-state index in [0.29, 0.717) is 23.8 Å². The smallest absolute Gasteiger partial charge is 0.322 e. The molecule has 0 aliphatic carbocycles. The number of amides is 3. The molecule has 3 rings (SSSR count). The second-order valence-corrected chi connectivity index (χ2v) is 8.63. The van der Waals surface area contributed by atoms with E-state index in [4.69, 9.17) is 9.84 Å². The third-order valence-electron chi connectivity index (χ3n) is 5.09. The molecule has 3 aromatic rings. The number of likely N-dealkylation sites (N-methyl/N-ethyl adjacent to an activating group) is 1. The molecule has 2 aromatic carbocycles. The van der Waals surface area contributed by atoms with Gasteiger partial charge in [0.2, 0.25) is 5.91 Å². The number of nitrogens with zero attached hydrogens (tertiary/aromatic N) is 3. The van der Waals surface area contributed by atoms with E-state index in [1.54, 1.807) is 36.1 Å². The molecule has 0 radical (unpaired) electrons. The largest absolute Gasteiger partial charge is 0.497 e. The van der Waals surface area contributed by atoms with Crippen LogP contribution in [0.25, 0.3) is 5.69 Å². The van der Waals surface area contributed by atoms with Crippen molar-refractivity contribution >= 4 is 23.4 Å². The van der Waals surface area contributed by atoms with Crippen molar-refractivity contribution in [3.05, 3.63) is 66.4 Å². The Hall–Kier alpha value is -3.81. The van der Waals surface area contributed by atoms with Crippen LogP contribution in [0, 0.1) is 0 Å². The fourth-order valence-electron chi connectivity index (χ4n) is 3.16. The van der Waals surface area contributed by atoms with Crippen molar-refractivity contribution < 1.29 is 14.3 Å². The van der Waals surface area contributed by atoms with Crippen LogP contribution in [0.1, 0.15) is 33.4 Å². The number of urea groups is 1. The highest BCUT2D eigenvalue weighted by Crippen LogP contribution is 2.26. The van der Waals surface area contributed by atoms with Gasteiger partial charge in [-0.15, -0.1) is 0 Å². The van der Waals surface area contributed by atoms with Crippen molar-refractivity contribution in [2.24, 2.45) is 0 Å². The second kappa shape index (κ2) is 10.2. The average molecular weight is 450 g/mol. The Balaban J connectivity index is 1.73. The summed E-state index contributed by atoms with van der Waals surface area (Å²) in [5.74, 6) is 0.950. The zero-order valence-electron chi connectivity index (χ0n) is 19.8. The molecular weight excluding hydrogens is 418 g/mol. The van der Waals surface area contributed by atoms with Gasteiger partial charge in [-0.2, -0.15) is 5.10 Å². The number of carbonyl (C=O) groups excluding carboxylic acids is 2. The highest BCUT2D eigenvalue weighted by Gasteiger charge is 2.22. The van der Waals surface area contributed by atoms with Crippen molar-refractivity contribution in [3.63, 3.8) is 0 Å². The van der Waals surface area contributed by atoms with E-state index in [2.05, 4.69) is 31.4 Å². The molecule has 0 bridgehead atoms. The van der Waals surface area contributed by atoms with E-state index in [0.717, 1.165) is 11.4 Å². The number of para-hydroxylation sites is 1. The number of nitrogens with one attached hydrogen (secondary N) is 2. The number of methoxy groups -OCH3 is 1. The van der Waals surface area contributed by atoms with Crippen LogP contribution in [-0.2, 0) is 10.2 Å². The van der Waals surface area contributed by atoms with Gasteiger partial charge in [-0.1, -0.05) is 39.0 Å². The maximum atomic E-state index is 12.9. The van der Waals surface area contributed by atoms with Gasteiger partial charge < -0.3 is 20.3 Å². The Morgan fingerprint density at radius 1 is 1.03 bits per heavy atom. The summed E-state index contributed by atoms with van der Waals surface area (Å²) < 4.78 is 6.85. The first kappa shape index (κ1) is 23.8. The third-order valence-corrected chi connectivity index (χ3v) is 5.09. The molecule has 8 heteroatoms. The Morgan fingerprint density at radius 2 is 1.70 bits per heavy atom. The maximum Gasteiger partial charge on any atom is 0.322 e. The normalized spacial score (nSPS) is 11.1. The van der Waals surface area contributed by atoms with E-state index in [1.807, 2.05) is 43.3 Å². The summed E-state index contributed by atoms with van der Waals surface area (Å²) >= 11 is 0. The molecule has 1 heterocycles. The fourth-order valence-corrected chi connectivity index (χ4v) is 3.16. The Morgan fingerprint density at radius 3 is 2.27 bits per heavy atom. The molecule has 0 atom stereocenters. The van der Waals surface area contributed by atoms with Crippen LogP contribution in [0.4, 0.5) is 16.3 Å². The summed E-state index contributed by atoms with van der Waals surface area (Å²) in [5.41, 5.74) is 2.13. The van der Waals surface area contributed by atoms with Crippen LogP contribution in [0.5, 0.6) is 5.75 Å². The van der Waals surface area contributed by atoms with Gasteiger partial charge in [0, 0.05) is 23.7 Å². The summed E-state index contributed by atoms with van der Waals surface area (Å²) in [6.45, 7) is 8.31. The molecule has 8 nitrogen and oxygen atoms in total. The second-order valence-electron chi connectivity index (χ2n) is 8.63. The molecule has 0 unspecified atom stereocenters. The number of benzene rings is 2. The van der Waals surface area contributed by atoms with Gasteiger partial charge in [0.15, 0.2) is 0 Å². The molecule has 3 amide bonds. The lowest BCUT2D eigenvalue weighted by atomic mass is 9.92. The van der Waals surface area contributed by atoms with E-state index in [9.17, 15) is 9.59 Å². The van der Waals surface area contributed by atoms with Crippen LogP contribution in [0.3, 0.4) is 0 Å². The Labute approximate surface area is 194 Å². The predicted octanol–water partition coefficient (Wildman–Crippen LogP) is 4.67. The van der Waals surface area contributed by atoms with Gasteiger partial charge in [-0.25, -0.2) is 9.48 Å². The molecule has 33 heavy (non-hydrogen) atoms. The Bertz CT molecular complexity index is 1090. The number of carbonyl (C=O) groups is 2. The monoisotopic (exact) mass is 449 g/mol. The van der Waals surface area contributed by atoms with Crippen molar-refractivity contribution in [1.82, 2.24) is 14.7 Å². The minimum atomic E-state index is -0.357. The molecule has 0 aliphatic rings. The predicted molar refractivity (Wildman–Crippen MR) is 130 cm³/mol. The number of rotatable bonds is 7. The molecule has 2 N–H and O–H groups in total. The lowest BCUT2D eigenvalue weighted by molar-refractivity contribution is -0.116. The number of aromatic nitrogens is 2. The van der Waals surface area contributed by atoms with Gasteiger partial charge in [0.25, 0.3) is 0 Å². The van der Waals surface area contributed by atoms with Gasteiger partial charge in [0.05, 0.1) is 18.5 Å². The standard InChI is InChI=1S/C25H31N5O3/c1-6-29(24(32)26-18-12-14-20(33-5)15-13-18)17-23(31)27-22-16-21(25(2,3)4)28-30(22)19-10-8-7-9-11-19/h7-16H,6,17H2,1-5H3,(H,26,32)(H,27,31). The zero-order valence-corrected chi connectivity index (χ0v) is 19.8. The third kappa shape index (κ3) is 6.12. The minimum Gasteiger partial charge on any atom is -0.497 e. The minimum absolute atomic E-state index is 0.0939. The van der Waals surface area contributed by atoms with Crippen molar-refractivity contribution in [2.75, 3.05) is 30.8 Å². The van der Waals surface area contributed by atoms with E-state index in [-0.39, 0.29) is 23.9 Å². The van der Waals surface area contributed by atoms with Crippen LogP contribution in [-0.4, -0.2) is 46.8 Å². The molecule has 0 saturated carbocycles. The van der Waals surface area contributed by atoms with Crippen LogP contribution < -0.4 is 15.4 Å². The van der Waals surface area contributed by atoms with Crippen molar-refractivity contribution in [1.29, 1.82) is 0 Å². The molecule has 0 fully saturated rings. The van der Waals surface area contributed by atoms with Crippen LogP contribution in [0.15, 0.2) is 60.7 Å². The number of anilines is 2. The number of hydrogen-bond acceptors (Lipinski definition) is 4. The zero-order chi connectivity index (χ0) is 24.0. The topological polar surface area (TPSA) is 88.5 Å². The number of hydrogen-bond donors (Lipinski definition) is 2. The van der Waals surface area contributed by atoms with Gasteiger partial charge in [-0.3, -0.25) is 4.79 Å². The van der Waals surface area contributed by atoms with Crippen molar-refractivity contribution in [3.8, 4) is 11.4 Å². The van der Waals surface area contributed by atoms with Gasteiger partial charge >= 0.3 is 6.03 Å². The molecule has 0 spiro atoms. The Kier molecular flexibility index (Phi) is 7.37. The fraction of sp³-hybridized carbons (Fsp3) is 0.320. The molecule has 0 saturated heterocycles. The number of ether oxygens (including phenoxy) is 1. The first-order valence-corrected chi connectivity index (χ1v) is 10.9. The maximum absolute atomic E-state index is 12.9. The molecule has 1 aromatic heterocycles. The van der Waals surface area contributed by atoms with Gasteiger partial charge in [-0.05, 0) is 43.3 Å². The summed E-state index contributed by atoms with van der Waals surface area (Å²) in [7, 11) is 1.58. The highest BCUT2D eigenvalue weighted by atomic mass is 16.5. The van der Waals surface area contributed by atoms with Crippen molar-refractivity contribution in [2.45, 2.75) is 33.1 Å². The molecular formula is C25H31N5O3. The molecule has 0 aliphatic heterocycles. The van der Waals surface area contributed by atoms with E-state index in [1.165, 1.54) is 4.90 Å². The first-order valence-electron chi connectivity index (χ1n) is 10.9. The highest BCUT2D eigenvalue weighted by molar-refractivity contribution is 5.96. The summed E-state index contributed by atoms with van der Waals surface area (Å²) in [6, 6.07) is 18.1. The lowest BCUT2D eigenvalue weighted by Gasteiger charge is -2.21. The van der Waals surface area contributed by atoms with Crippen LogP contribution >= 0.6 is 0 Å². The first-order chi connectivity index (χ1) is 15.7.